The Kier molecular flexibility index (Phi) is 6.26. The van der Waals surface area contributed by atoms with Crippen LogP contribution in [-0.2, 0) is 20.8 Å². The summed E-state index contributed by atoms with van der Waals surface area (Å²) < 4.78 is 12.6. The lowest BCUT2D eigenvalue weighted by molar-refractivity contribution is -0.137. The van der Waals surface area contributed by atoms with Gasteiger partial charge in [-0.3, -0.25) is 4.79 Å². The number of rotatable bonds is 8. The Morgan fingerprint density at radius 1 is 1.29 bits per heavy atom. The molecule has 0 unspecified atom stereocenters. The second-order valence-electron chi connectivity index (χ2n) is 6.96. The van der Waals surface area contributed by atoms with Crippen LogP contribution >= 0.6 is 0 Å². The lowest BCUT2D eigenvalue weighted by Crippen LogP contribution is -2.41. The molecule has 1 atom stereocenters. The van der Waals surface area contributed by atoms with E-state index >= 15 is 0 Å². The average Bonchev–Trinajstić information content (AvgIpc) is 3.03. The number of methoxy groups -OCH3 is 1. The zero-order valence-electron chi connectivity index (χ0n) is 14.7. The number of piperidine rings is 1. The fourth-order valence-corrected chi connectivity index (χ4v) is 3.60. The van der Waals surface area contributed by atoms with E-state index in [1.807, 2.05) is 11.1 Å². The lowest BCUT2D eigenvalue weighted by atomic mass is 9.85. The topological polar surface area (TPSA) is 56.6 Å². The van der Waals surface area contributed by atoms with E-state index in [-0.39, 0.29) is 12.5 Å². The number of aromatic nitrogens is 2. The van der Waals surface area contributed by atoms with Crippen molar-refractivity contribution in [3.63, 3.8) is 0 Å². The van der Waals surface area contributed by atoms with Gasteiger partial charge in [0, 0.05) is 45.1 Å². The summed E-state index contributed by atoms with van der Waals surface area (Å²) in [5.74, 6) is 2.39. The first-order valence-electron chi connectivity index (χ1n) is 9.13. The summed E-state index contributed by atoms with van der Waals surface area (Å²) in [4.78, 5) is 18.9. The summed E-state index contributed by atoms with van der Waals surface area (Å²) in [6, 6.07) is 0. The Labute approximate surface area is 144 Å². The van der Waals surface area contributed by atoms with Crippen molar-refractivity contribution < 1.29 is 14.3 Å². The van der Waals surface area contributed by atoms with Crippen molar-refractivity contribution in [3.05, 3.63) is 18.2 Å². The second kappa shape index (κ2) is 8.62. The fourth-order valence-electron chi connectivity index (χ4n) is 3.60. The van der Waals surface area contributed by atoms with E-state index in [4.69, 9.17) is 9.47 Å². The van der Waals surface area contributed by atoms with Crippen LogP contribution in [0.15, 0.2) is 12.4 Å². The molecule has 0 bridgehead atoms. The molecule has 3 rings (SSSR count). The van der Waals surface area contributed by atoms with E-state index in [1.54, 1.807) is 7.11 Å². The summed E-state index contributed by atoms with van der Waals surface area (Å²) in [7, 11) is 1.63. The smallest absolute Gasteiger partial charge is 0.248 e. The van der Waals surface area contributed by atoms with Gasteiger partial charge in [0.15, 0.2) is 0 Å². The molecule has 0 N–H and O–H groups in total. The minimum absolute atomic E-state index is 0.0768. The molecule has 6 heteroatoms. The third-order valence-corrected chi connectivity index (χ3v) is 5.22. The van der Waals surface area contributed by atoms with Crippen LogP contribution in [0.25, 0.3) is 0 Å². The fraction of sp³-hybridized carbons (Fsp3) is 0.778. The van der Waals surface area contributed by atoms with Gasteiger partial charge < -0.3 is 18.9 Å². The summed E-state index contributed by atoms with van der Waals surface area (Å²) in [5, 5.41) is 0. The van der Waals surface area contributed by atoms with E-state index < -0.39 is 0 Å². The second-order valence-corrected chi connectivity index (χ2v) is 6.96. The maximum Gasteiger partial charge on any atom is 0.248 e. The summed E-state index contributed by atoms with van der Waals surface area (Å²) in [6.45, 7) is 3.80. The van der Waals surface area contributed by atoms with Gasteiger partial charge in [-0.05, 0) is 31.6 Å². The first-order valence-corrected chi connectivity index (χ1v) is 9.13. The van der Waals surface area contributed by atoms with E-state index in [2.05, 4.69) is 15.7 Å². The molecule has 24 heavy (non-hydrogen) atoms. The van der Waals surface area contributed by atoms with Crippen LogP contribution in [0.3, 0.4) is 0 Å². The summed E-state index contributed by atoms with van der Waals surface area (Å²) >= 11 is 0. The molecular weight excluding hydrogens is 306 g/mol. The number of ether oxygens (including phenoxy) is 2. The molecule has 0 spiro atoms. The van der Waals surface area contributed by atoms with Gasteiger partial charge in [0.1, 0.15) is 12.4 Å². The van der Waals surface area contributed by atoms with Crippen LogP contribution in [0.4, 0.5) is 0 Å². The summed E-state index contributed by atoms with van der Waals surface area (Å²) in [6.07, 6.45) is 10.2. The molecule has 0 radical (unpaired) electrons. The van der Waals surface area contributed by atoms with Crippen molar-refractivity contribution in [3.8, 4) is 0 Å². The number of imidazole rings is 1. The highest BCUT2D eigenvalue weighted by atomic mass is 16.5. The van der Waals surface area contributed by atoms with Crippen LogP contribution in [-0.4, -0.2) is 60.4 Å². The van der Waals surface area contributed by atoms with Gasteiger partial charge in [0.05, 0.1) is 13.2 Å². The molecule has 1 aliphatic carbocycles. The van der Waals surface area contributed by atoms with E-state index in [0.29, 0.717) is 19.1 Å². The van der Waals surface area contributed by atoms with E-state index in [9.17, 15) is 4.79 Å². The number of carbonyl (C=O) groups is 1. The first-order chi connectivity index (χ1) is 11.8. The van der Waals surface area contributed by atoms with Crippen molar-refractivity contribution in [1.82, 2.24) is 14.5 Å². The van der Waals surface area contributed by atoms with E-state index in [1.165, 1.54) is 19.3 Å². The quantitative estimate of drug-likeness (QED) is 0.682. The van der Waals surface area contributed by atoms with Gasteiger partial charge in [-0.15, -0.1) is 0 Å². The Morgan fingerprint density at radius 3 is 2.92 bits per heavy atom. The van der Waals surface area contributed by atoms with Crippen LogP contribution in [0, 0.1) is 5.92 Å². The van der Waals surface area contributed by atoms with Crippen LogP contribution in [0.1, 0.15) is 43.8 Å². The minimum Gasteiger partial charge on any atom is -0.382 e. The zero-order valence-corrected chi connectivity index (χ0v) is 14.7. The van der Waals surface area contributed by atoms with Crippen molar-refractivity contribution in [1.29, 1.82) is 0 Å². The SMILES string of the molecule is COCCOCC(=O)N1CCC[C@H](c2nccn2CC2CCC2)C1. The van der Waals surface area contributed by atoms with Crippen molar-refractivity contribution in [2.24, 2.45) is 5.92 Å². The third kappa shape index (κ3) is 4.36. The maximum atomic E-state index is 12.3. The van der Waals surface area contributed by atoms with Crippen LogP contribution < -0.4 is 0 Å². The molecule has 0 aromatic carbocycles. The van der Waals surface area contributed by atoms with Gasteiger partial charge in [0.2, 0.25) is 5.91 Å². The molecule has 134 valence electrons. The number of nitrogens with zero attached hydrogens (tertiary/aromatic N) is 3. The number of hydrogen-bond acceptors (Lipinski definition) is 4. The van der Waals surface area contributed by atoms with Gasteiger partial charge in [-0.1, -0.05) is 6.42 Å². The molecule has 2 heterocycles. The van der Waals surface area contributed by atoms with Crippen LogP contribution in [0.5, 0.6) is 0 Å². The predicted octanol–water partition coefficient (Wildman–Crippen LogP) is 2.05. The molecule has 1 amide bonds. The molecule has 1 aromatic rings. The van der Waals surface area contributed by atoms with Crippen molar-refractivity contribution >= 4 is 5.91 Å². The van der Waals surface area contributed by atoms with Gasteiger partial charge in [0.25, 0.3) is 0 Å². The largest absolute Gasteiger partial charge is 0.382 e. The molecule has 1 saturated heterocycles. The molecule has 1 aliphatic heterocycles. The lowest BCUT2D eigenvalue weighted by Gasteiger charge is -2.33. The molecule has 1 aromatic heterocycles. The highest BCUT2D eigenvalue weighted by molar-refractivity contribution is 5.77. The Morgan fingerprint density at radius 2 is 2.17 bits per heavy atom. The van der Waals surface area contributed by atoms with Gasteiger partial charge in [-0.25, -0.2) is 4.98 Å². The molecule has 1 saturated carbocycles. The predicted molar refractivity (Wildman–Crippen MR) is 90.8 cm³/mol. The van der Waals surface area contributed by atoms with Crippen molar-refractivity contribution in [2.45, 2.75) is 44.6 Å². The molecule has 2 fully saturated rings. The number of hydrogen-bond donors (Lipinski definition) is 0. The minimum atomic E-state index is 0.0768. The number of likely N-dealkylation sites (tertiary alicyclic amines) is 1. The number of amides is 1. The first kappa shape index (κ1) is 17.4. The molecular formula is C18H29N3O3. The van der Waals surface area contributed by atoms with Crippen LogP contribution in [0.2, 0.25) is 0 Å². The van der Waals surface area contributed by atoms with E-state index in [0.717, 1.165) is 44.2 Å². The number of carbonyl (C=O) groups excluding carboxylic acids is 1. The average molecular weight is 335 g/mol. The van der Waals surface area contributed by atoms with Gasteiger partial charge in [-0.2, -0.15) is 0 Å². The standard InChI is InChI=1S/C18H29N3O3/c1-23-10-11-24-14-17(22)20-8-3-6-16(13-20)18-19-7-9-21(18)12-15-4-2-5-15/h7,9,15-16H,2-6,8,10-14H2,1H3/t16-/m0/s1. The third-order valence-electron chi connectivity index (χ3n) is 5.22. The zero-order chi connectivity index (χ0) is 16.8. The highest BCUT2D eigenvalue weighted by Gasteiger charge is 2.28. The summed E-state index contributed by atoms with van der Waals surface area (Å²) in [5.41, 5.74) is 0. The molecule has 2 aliphatic rings. The normalized spacial score (nSPS) is 21.7. The van der Waals surface area contributed by atoms with Gasteiger partial charge >= 0.3 is 0 Å². The Hall–Kier alpha value is -1.40. The Balaban J connectivity index is 1.53. The maximum absolute atomic E-state index is 12.3. The Bertz CT molecular complexity index is 527. The molecule has 6 nitrogen and oxygen atoms in total. The highest BCUT2D eigenvalue weighted by Crippen LogP contribution is 2.31. The van der Waals surface area contributed by atoms with Crippen molar-refractivity contribution in [2.75, 3.05) is 40.0 Å². The monoisotopic (exact) mass is 335 g/mol.